The molecule has 3 aromatic rings. The van der Waals surface area contributed by atoms with Crippen LogP contribution in [-0.4, -0.2) is 44.3 Å². The van der Waals surface area contributed by atoms with Crippen molar-refractivity contribution < 1.29 is 18.5 Å². The van der Waals surface area contributed by atoms with Gasteiger partial charge in [0, 0.05) is 6.20 Å². The van der Waals surface area contributed by atoms with Crippen LogP contribution in [-0.2, 0) is 6.54 Å². The van der Waals surface area contributed by atoms with E-state index in [9.17, 15) is 13.6 Å². The molecule has 0 radical (unpaired) electrons. The summed E-state index contributed by atoms with van der Waals surface area (Å²) in [6.45, 7) is 1.23. The molecule has 1 saturated heterocycles. The number of aromatic nitrogens is 4. The number of pyridine rings is 1. The summed E-state index contributed by atoms with van der Waals surface area (Å²) in [5.41, 5.74) is 1.47. The molecule has 1 aliphatic heterocycles. The van der Waals surface area contributed by atoms with Crippen LogP contribution in [0.15, 0.2) is 36.8 Å². The highest BCUT2D eigenvalue weighted by atomic mass is 35.5. The number of likely N-dealkylation sites (tertiary alicyclic amines) is 1. The molecular weight excluding hydrogens is 390 g/mol. The quantitative estimate of drug-likeness (QED) is 0.692. The molecule has 7 nitrogen and oxygen atoms in total. The molecule has 1 aliphatic rings. The first-order chi connectivity index (χ1) is 13.4. The van der Waals surface area contributed by atoms with Gasteiger partial charge >= 0.3 is 0 Å². The van der Waals surface area contributed by atoms with E-state index in [2.05, 4.69) is 20.3 Å². The zero-order chi connectivity index (χ0) is 19.7. The van der Waals surface area contributed by atoms with Crippen molar-refractivity contribution in [2.75, 3.05) is 18.4 Å². The third kappa shape index (κ3) is 3.95. The predicted molar refractivity (Wildman–Crippen MR) is 98.8 cm³/mol. The first-order valence-corrected chi connectivity index (χ1v) is 9.25. The maximum absolute atomic E-state index is 13.4. The van der Waals surface area contributed by atoms with Gasteiger partial charge in [0.05, 0.1) is 48.9 Å². The minimum Gasteiger partial charge on any atom is -0.329 e. The van der Waals surface area contributed by atoms with Crippen LogP contribution >= 0.6 is 11.6 Å². The Balaban J connectivity index is 1.57. The van der Waals surface area contributed by atoms with Gasteiger partial charge in [-0.3, -0.25) is 14.5 Å². The van der Waals surface area contributed by atoms with Crippen molar-refractivity contribution in [3.8, 4) is 0 Å². The number of imidazole rings is 1. The van der Waals surface area contributed by atoms with Crippen molar-refractivity contribution >= 4 is 29.0 Å². The summed E-state index contributed by atoms with van der Waals surface area (Å²) in [5.74, 6) is -2.74. The number of rotatable bonds is 4. The number of quaternary nitrogens is 1. The number of fused-ring (bicyclic) bond motifs is 1. The van der Waals surface area contributed by atoms with Crippen LogP contribution in [0.25, 0.3) is 5.52 Å². The molecule has 0 atom stereocenters. The molecule has 146 valence electrons. The molecule has 0 unspecified atom stereocenters. The first kappa shape index (κ1) is 18.7. The number of amides is 1. The molecule has 10 heteroatoms. The third-order valence-electron chi connectivity index (χ3n) is 4.78. The number of hydrogen-bond acceptors (Lipinski definition) is 4. The smallest absolute Gasteiger partial charge is 0.294 e. The highest BCUT2D eigenvalue weighted by Crippen LogP contribution is 2.23. The number of anilines is 1. The SMILES string of the molecule is O=C(Nc1ncc(Cl)cn1)c1nc(C[NH+]2CCC(F)(F)CC2)c2ccccn12. The zero-order valence-corrected chi connectivity index (χ0v) is 15.6. The van der Waals surface area contributed by atoms with Gasteiger partial charge in [-0.05, 0) is 12.1 Å². The summed E-state index contributed by atoms with van der Waals surface area (Å²) in [4.78, 5) is 26.1. The molecule has 1 amide bonds. The Bertz CT molecular complexity index is 997. The molecule has 4 rings (SSSR count). The second kappa shape index (κ2) is 7.40. The topological polar surface area (TPSA) is 76.6 Å². The van der Waals surface area contributed by atoms with Crippen molar-refractivity contribution in [3.63, 3.8) is 0 Å². The van der Waals surface area contributed by atoms with Crippen molar-refractivity contribution in [2.45, 2.75) is 25.3 Å². The lowest BCUT2D eigenvalue weighted by Gasteiger charge is -2.28. The summed E-state index contributed by atoms with van der Waals surface area (Å²) >= 11 is 5.75. The predicted octanol–water partition coefficient (Wildman–Crippen LogP) is 1.84. The van der Waals surface area contributed by atoms with Gasteiger partial charge in [0.2, 0.25) is 11.8 Å². The highest BCUT2D eigenvalue weighted by Gasteiger charge is 2.37. The van der Waals surface area contributed by atoms with Gasteiger partial charge in [-0.1, -0.05) is 17.7 Å². The van der Waals surface area contributed by atoms with E-state index in [1.807, 2.05) is 12.1 Å². The average Bonchev–Trinajstić information content (AvgIpc) is 3.04. The molecular formula is C18H18ClF2N6O+. The number of carbonyl (C=O) groups is 1. The van der Waals surface area contributed by atoms with E-state index in [4.69, 9.17) is 11.6 Å². The Morgan fingerprint density at radius 1 is 1.25 bits per heavy atom. The molecule has 3 aromatic heterocycles. The maximum atomic E-state index is 13.4. The van der Waals surface area contributed by atoms with Crippen LogP contribution in [0.5, 0.6) is 0 Å². The van der Waals surface area contributed by atoms with Crippen LogP contribution in [0.4, 0.5) is 14.7 Å². The van der Waals surface area contributed by atoms with E-state index < -0.39 is 11.8 Å². The molecule has 1 fully saturated rings. The number of halogens is 3. The molecule has 4 heterocycles. The van der Waals surface area contributed by atoms with E-state index >= 15 is 0 Å². The Morgan fingerprint density at radius 2 is 1.96 bits per heavy atom. The largest absolute Gasteiger partial charge is 0.329 e. The number of hydrogen-bond donors (Lipinski definition) is 2. The van der Waals surface area contributed by atoms with Crippen LogP contribution in [0.3, 0.4) is 0 Å². The molecule has 2 N–H and O–H groups in total. The second-order valence-electron chi connectivity index (χ2n) is 6.80. The lowest BCUT2D eigenvalue weighted by atomic mass is 10.1. The van der Waals surface area contributed by atoms with E-state index in [1.54, 1.807) is 16.7 Å². The molecule has 0 spiro atoms. The first-order valence-electron chi connectivity index (χ1n) is 8.87. The summed E-state index contributed by atoms with van der Waals surface area (Å²) in [7, 11) is 0. The van der Waals surface area contributed by atoms with Crippen LogP contribution < -0.4 is 10.2 Å². The third-order valence-corrected chi connectivity index (χ3v) is 4.97. The van der Waals surface area contributed by atoms with E-state index in [0.29, 0.717) is 30.4 Å². The van der Waals surface area contributed by atoms with Gasteiger partial charge in [-0.15, -0.1) is 0 Å². The molecule has 28 heavy (non-hydrogen) atoms. The number of carbonyl (C=O) groups excluding carboxylic acids is 1. The van der Waals surface area contributed by atoms with Gasteiger partial charge in [-0.2, -0.15) is 0 Å². The molecule has 0 aliphatic carbocycles. The number of alkyl halides is 2. The summed E-state index contributed by atoms with van der Waals surface area (Å²) in [6, 6.07) is 5.50. The summed E-state index contributed by atoms with van der Waals surface area (Å²) < 4.78 is 28.5. The zero-order valence-electron chi connectivity index (χ0n) is 14.8. The molecule has 0 bridgehead atoms. The second-order valence-corrected chi connectivity index (χ2v) is 7.24. The standard InChI is InChI=1S/C18H17ClF2N6O/c19-12-9-22-17(23-10-12)25-16(28)15-24-13(14-3-1-2-6-27(14)15)11-26-7-4-18(20,21)5-8-26/h1-3,6,9-10H,4-5,7-8,11H2,(H,22,23,25,28)/p+1. The number of piperidine rings is 1. The minimum absolute atomic E-state index is 0.118. The van der Waals surface area contributed by atoms with Gasteiger partial charge < -0.3 is 4.90 Å². The number of nitrogens with zero attached hydrogens (tertiary/aromatic N) is 4. The fraction of sp³-hybridized carbons (Fsp3) is 0.333. The average molecular weight is 408 g/mol. The maximum Gasteiger partial charge on any atom is 0.294 e. The van der Waals surface area contributed by atoms with Crippen molar-refractivity contribution in [1.29, 1.82) is 0 Å². The monoisotopic (exact) mass is 407 g/mol. The molecule has 0 saturated carbocycles. The normalized spacial score (nSPS) is 17.0. The highest BCUT2D eigenvalue weighted by molar-refractivity contribution is 6.30. The van der Waals surface area contributed by atoms with Crippen molar-refractivity contribution in [2.24, 2.45) is 0 Å². The fourth-order valence-corrected chi connectivity index (χ4v) is 3.41. The lowest BCUT2D eigenvalue weighted by molar-refractivity contribution is -0.921. The van der Waals surface area contributed by atoms with E-state index in [1.165, 1.54) is 12.4 Å². The minimum atomic E-state index is -2.58. The summed E-state index contributed by atoms with van der Waals surface area (Å²) in [6.07, 6.45) is 4.25. The fourth-order valence-electron chi connectivity index (χ4n) is 3.31. The summed E-state index contributed by atoms with van der Waals surface area (Å²) in [5, 5.41) is 2.96. The van der Waals surface area contributed by atoms with Gasteiger partial charge in [0.25, 0.3) is 11.8 Å². The Kier molecular flexibility index (Phi) is 4.94. The van der Waals surface area contributed by atoms with E-state index in [-0.39, 0.29) is 24.6 Å². The Morgan fingerprint density at radius 3 is 2.68 bits per heavy atom. The van der Waals surface area contributed by atoms with Gasteiger partial charge in [-0.25, -0.2) is 23.7 Å². The van der Waals surface area contributed by atoms with Crippen LogP contribution in [0, 0.1) is 0 Å². The van der Waals surface area contributed by atoms with Crippen LogP contribution in [0.1, 0.15) is 29.2 Å². The van der Waals surface area contributed by atoms with Gasteiger partial charge in [0.15, 0.2) is 0 Å². The van der Waals surface area contributed by atoms with Crippen molar-refractivity contribution in [1.82, 2.24) is 19.4 Å². The van der Waals surface area contributed by atoms with E-state index in [0.717, 1.165) is 10.4 Å². The van der Waals surface area contributed by atoms with Gasteiger partial charge in [0.1, 0.15) is 12.2 Å². The molecule has 0 aromatic carbocycles. The Hall–Kier alpha value is -2.65. The van der Waals surface area contributed by atoms with Crippen LogP contribution in [0.2, 0.25) is 5.02 Å². The number of nitrogens with one attached hydrogen (secondary N) is 2. The Labute approximate surface area is 164 Å². The van der Waals surface area contributed by atoms with Crippen molar-refractivity contribution in [3.05, 3.63) is 53.3 Å². The lowest BCUT2D eigenvalue weighted by Crippen LogP contribution is -3.12.